The Labute approximate surface area is 101 Å². The first-order valence-electron chi connectivity index (χ1n) is 4.46. The maximum atomic E-state index is 12.8. The van der Waals surface area contributed by atoms with Gasteiger partial charge in [0.05, 0.1) is 12.5 Å². The molecule has 0 aliphatic rings. The molecule has 1 N–H and O–H groups in total. The Bertz CT molecular complexity index is 442. The molecule has 1 aromatic carbocycles. The quantitative estimate of drug-likeness (QED) is 0.875. The van der Waals surface area contributed by atoms with Gasteiger partial charge in [-0.2, -0.15) is 0 Å². The van der Waals surface area contributed by atoms with Crippen LogP contribution in [0.4, 0.5) is 10.1 Å². The number of halogens is 2. The van der Waals surface area contributed by atoms with E-state index >= 15 is 0 Å². The fourth-order valence-electron chi connectivity index (χ4n) is 1.22. The molecule has 15 heavy (non-hydrogen) atoms. The maximum absolute atomic E-state index is 12.8. The third kappa shape index (κ3) is 2.71. The van der Waals surface area contributed by atoms with E-state index in [2.05, 4.69) is 27.9 Å². The predicted molar refractivity (Wildman–Crippen MR) is 65.2 cm³/mol. The molecule has 0 bridgehead atoms. The molecule has 2 rings (SSSR count). The van der Waals surface area contributed by atoms with Gasteiger partial charge in [0, 0.05) is 21.4 Å². The van der Waals surface area contributed by atoms with Gasteiger partial charge >= 0.3 is 0 Å². The largest absolute Gasteiger partial charge is 0.472 e. The number of furan rings is 1. The molecule has 0 aliphatic heterocycles. The van der Waals surface area contributed by atoms with Crippen molar-refractivity contribution in [1.29, 1.82) is 0 Å². The van der Waals surface area contributed by atoms with E-state index in [9.17, 15) is 4.39 Å². The Morgan fingerprint density at radius 2 is 2.20 bits per heavy atom. The van der Waals surface area contributed by atoms with Gasteiger partial charge in [0.2, 0.25) is 0 Å². The normalized spacial score (nSPS) is 10.3. The second-order valence-electron chi connectivity index (χ2n) is 3.11. The summed E-state index contributed by atoms with van der Waals surface area (Å²) in [5, 5.41) is 3.21. The molecule has 2 aromatic rings. The number of rotatable bonds is 3. The second kappa shape index (κ2) is 4.65. The van der Waals surface area contributed by atoms with E-state index in [1.165, 1.54) is 12.1 Å². The predicted octanol–water partition coefficient (Wildman–Crippen LogP) is 3.64. The van der Waals surface area contributed by atoms with E-state index in [-0.39, 0.29) is 5.82 Å². The standard InChI is InChI=1S/C11H9FINO/c12-9-1-2-11(10(13)5-9)14-6-8-3-4-15-7-8/h1-5,7,14H,6H2. The van der Waals surface area contributed by atoms with E-state index in [1.54, 1.807) is 18.6 Å². The Morgan fingerprint density at radius 3 is 2.87 bits per heavy atom. The van der Waals surface area contributed by atoms with Crippen molar-refractivity contribution in [3.8, 4) is 0 Å². The van der Waals surface area contributed by atoms with E-state index in [1.807, 2.05) is 6.07 Å². The van der Waals surface area contributed by atoms with E-state index in [0.717, 1.165) is 14.8 Å². The number of nitrogens with one attached hydrogen (secondary N) is 1. The first kappa shape index (κ1) is 10.5. The minimum atomic E-state index is -0.215. The molecule has 1 heterocycles. The van der Waals surface area contributed by atoms with Crippen LogP contribution in [0.15, 0.2) is 41.2 Å². The summed E-state index contributed by atoms with van der Waals surface area (Å²) in [6.45, 7) is 0.679. The van der Waals surface area contributed by atoms with Gasteiger partial charge in [0.15, 0.2) is 0 Å². The monoisotopic (exact) mass is 317 g/mol. The zero-order chi connectivity index (χ0) is 10.7. The smallest absolute Gasteiger partial charge is 0.124 e. The number of hydrogen-bond donors (Lipinski definition) is 1. The van der Waals surface area contributed by atoms with E-state index < -0.39 is 0 Å². The lowest BCUT2D eigenvalue weighted by Crippen LogP contribution is -2.00. The zero-order valence-electron chi connectivity index (χ0n) is 7.84. The molecule has 1 aromatic heterocycles. The van der Waals surface area contributed by atoms with Gasteiger partial charge < -0.3 is 9.73 Å². The van der Waals surface area contributed by atoms with Crippen LogP contribution in [0, 0.1) is 9.39 Å². The highest BCUT2D eigenvalue weighted by atomic mass is 127. The average molecular weight is 317 g/mol. The summed E-state index contributed by atoms with van der Waals surface area (Å²) in [7, 11) is 0. The van der Waals surface area contributed by atoms with Crippen molar-refractivity contribution < 1.29 is 8.81 Å². The molecule has 0 radical (unpaired) electrons. The zero-order valence-corrected chi connectivity index (χ0v) is 9.99. The summed E-state index contributed by atoms with van der Waals surface area (Å²) < 4.78 is 18.6. The summed E-state index contributed by atoms with van der Waals surface area (Å²) >= 11 is 2.10. The van der Waals surface area contributed by atoms with Crippen LogP contribution in [0.3, 0.4) is 0 Å². The molecule has 0 amide bonds. The van der Waals surface area contributed by atoms with Crippen molar-refractivity contribution in [3.05, 3.63) is 51.7 Å². The lowest BCUT2D eigenvalue weighted by molar-refractivity contribution is 0.564. The minimum absolute atomic E-state index is 0.215. The highest BCUT2D eigenvalue weighted by Crippen LogP contribution is 2.19. The summed E-state index contributed by atoms with van der Waals surface area (Å²) in [6.07, 6.45) is 3.32. The van der Waals surface area contributed by atoms with Gasteiger partial charge in [-0.1, -0.05) is 0 Å². The number of anilines is 1. The van der Waals surface area contributed by atoms with E-state index in [0.29, 0.717) is 6.54 Å². The third-order valence-electron chi connectivity index (χ3n) is 1.99. The Kier molecular flexibility index (Phi) is 3.25. The van der Waals surface area contributed by atoms with Gasteiger partial charge in [-0.25, -0.2) is 4.39 Å². The van der Waals surface area contributed by atoms with Crippen LogP contribution in [0.5, 0.6) is 0 Å². The number of benzene rings is 1. The van der Waals surface area contributed by atoms with Crippen LogP contribution in [0.25, 0.3) is 0 Å². The Morgan fingerprint density at radius 1 is 1.33 bits per heavy atom. The molecule has 0 atom stereocenters. The van der Waals surface area contributed by atoms with Gasteiger partial charge in [-0.05, 0) is 46.9 Å². The van der Waals surface area contributed by atoms with Gasteiger partial charge in [0.1, 0.15) is 5.82 Å². The van der Waals surface area contributed by atoms with Gasteiger partial charge in [-0.3, -0.25) is 0 Å². The van der Waals surface area contributed by atoms with Crippen LogP contribution in [0.1, 0.15) is 5.56 Å². The van der Waals surface area contributed by atoms with Crippen LogP contribution >= 0.6 is 22.6 Å². The third-order valence-corrected chi connectivity index (χ3v) is 2.89. The Balaban J connectivity index is 2.05. The van der Waals surface area contributed by atoms with Crippen LogP contribution in [0.2, 0.25) is 0 Å². The minimum Gasteiger partial charge on any atom is -0.472 e. The van der Waals surface area contributed by atoms with Crippen molar-refractivity contribution in [2.45, 2.75) is 6.54 Å². The first-order chi connectivity index (χ1) is 7.25. The lowest BCUT2D eigenvalue weighted by Gasteiger charge is -2.06. The molecule has 2 nitrogen and oxygen atoms in total. The molecule has 0 saturated heterocycles. The van der Waals surface area contributed by atoms with Gasteiger partial charge in [0.25, 0.3) is 0 Å². The van der Waals surface area contributed by atoms with Crippen molar-refractivity contribution in [2.24, 2.45) is 0 Å². The molecule has 0 spiro atoms. The molecular formula is C11H9FINO. The molecule has 0 aliphatic carbocycles. The summed E-state index contributed by atoms with van der Waals surface area (Å²) in [4.78, 5) is 0. The molecule has 4 heteroatoms. The Hall–Kier alpha value is -1.04. The maximum Gasteiger partial charge on any atom is 0.124 e. The van der Waals surface area contributed by atoms with E-state index in [4.69, 9.17) is 4.42 Å². The second-order valence-corrected chi connectivity index (χ2v) is 4.27. The van der Waals surface area contributed by atoms with Crippen LogP contribution < -0.4 is 5.32 Å². The average Bonchev–Trinajstić information content (AvgIpc) is 2.69. The van der Waals surface area contributed by atoms with Crippen molar-refractivity contribution in [3.63, 3.8) is 0 Å². The van der Waals surface area contributed by atoms with Crippen molar-refractivity contribution in [1.82, 2.24) is 0 Å². The molecule has 0 saturated carbocycles. The molecule has 0 fully saturated rings. The molecule has 78 valence electrons. The lowest BCUT2D eigenvalue weighted by atomic mass is 10.3. The molecular weight excluding hydrogens is 308 g/mol. The molecule has 0 unspecified atom stereocenters. The van der Waals surface area contributed by atoms with Gasteiger partial charge in [-0.15, -0.1) is 0 Å². The summed E-state index contributed by atoms with van der Waals surface area (Å²) in [6, 6.07) is 6.57. The topological polar surface area (TPSA) is 25.2 Å². The first-order valence-corrected chi connectivity index (χ1v) is 5.53. The highest BCUT2D eigenvalue weighted by molar-refractivity contribution is 14.1. The van der Waals surface area contributed by atoms with Crippen molar-refractivity contribution >= 4 is 28.3 Å². The van der Waals surface area contributed by atoms with Crippen molar-refractivity contribution in [2.75, 3.05) is 5.32 Å². The van der Waals surface area contributed by atoms with Crippen LogP contribution in [-0.4, -0.2) is 0 Å². The van der Waals surface area contributed by atoms with Crippen LogP contribution in [-0.2, 0) is 6.54 Å². The SMILES string of the molecule is Fc1ccc(NCc2ccoc2)c(I)c1. The fourth-order valence-corrected chi connectivity index (χ4v) is 1.89. The highest BCUT2D eigenvalue weighted by Gasteiger charge is 2.01. The number of hydrogen-bond acceptors (Lipinski definition) is 2. The summed E-state index contributed by atoms with van der Waals surface area (Å²) in [5.41, 5.74) is 1.99. The fraction of sp³-hybridized carbons (Fsp3) is 0.0909. The summed E-state index contributed by atoms with van der Waals surface area (Å²) in [5.74, 6) is -0.215.